The van der Waals surface area contributed by atoms with E-state index in [2.05, 4.69) is 20.8 Å². The largest absolute Gasteiger partial charge is 0.385 e. The Morgan fingerprint density at radius 3 is 0.773 bits per heavy atom. The molecule has 1 nitrogen and oxygen atoms in total. The molecule has 0 fully saturated rings. The number of rotatable bonds is 2. The molecule has 0 bridgehead atoms. The summed E-state index contributed by atoms with van der Waals surface area (Å²) in [7, 11) is 1.71. The zero-order valence-electron chi connectivity index (χ0n) is 15.5. The topological polar surface area (TPSA) is 9.23 Å². The molecule has 0 aromatic heterocycles. The number of hydrogen-bond acceptors (Lipinski definition) is 1. The van der Waals surface area contributed by atoms with Gasteiger partial charge in [-0.2, -0.15) is 0 Å². The minimum Gasteiger partial charge on any atom is -0.385 e. The van der Waals surface area contributed by atoms with Gasteiger partial charge in [-0.1, -0.05) is 114 Å². The fourth-order valence-corrected chi connectivity index (χ4v) is 0.974. The average Bonchev–Trinajstić information content (AvgIpc) is 2.62. The van der Waals surface area contributed by atoms with Gasteiger partial charge in [0.25, 0.3) is 0 Å². The first kappa shape index (κ1) is 25.4. The van der Waals surface area contributed by atoms with Crippen LogP contribution in [-0.2, 0) is 4.74 Å². The molecule has 0 amide bonds. The van der Waals surface area contributed by atoms with E-state index in [0.717, 1.165) is 13.0 Å². The first-order valence-electron chi connectivity index (χ1n) is 8.32. The van der Waals surface area contributed by atoms with Crippen LogP contribution >= 0.6 is 0 Å². The summed E-state index contributed by atoms with van der Waals surface area (Å²) in [5.74, 6) is 0. The van der Waals surface area contributed by atoms with Gasteiger partial charge >= 0.3 is 0 Å². The highest BCUT2D eigenvalue weighted by molar-refractivity contribution is 4.99. The van der Waals surface area contributed by atoms with E-state index in [4.69, 9.17) is 4.74 Å². The summed E-state index contributed by atoms with van der Waals surface area (Å²) in [5.41, 5.74) is 0. The van der Waals surface area contributed by atoms with Gasteiger partial charge in [0.2, 0.25) is 0 Å². The molecule has 0 spiro atoms. The highest BCUT2D eigenvalue weighted by atomic mass is 16.5. The highest BCUT2D eigenvalue weighted by Gasteiger charge is 1.66. The molecule has 0 saturated heterocycles. The molecule has 22 heavy (non-hydrogen) atoms. The van der Waals surface area contributed by atoms with Crippen molar-refractivity contribution in [1.29, 1.82) is 0 Å². The maximum Gasteiger partial charge on any atom is 0.0459 e. The molecule has 2 aromatic carbocycles. The minimum absolute atomic E-state index is 0.889. The van der Waals surface area contributed by atoms with Crippen LogP contribution in [0.3, 0.4) is 0 Å². The van der Waals surface area contributed by atoms with Crippen molar-refractivity contribution in [2.45, 2.75) is 47.5 Å². The van der Waals surface area contributed by atoms with Crippen LogP contribution in [0.1, 0.15) is 47.5 Å². The second kappa shape index (κ2) is 31.7. The Hall–Kier alpha value is -1.60. The molecule has 1 heteroatoms. The predicted octanol–water partition coefficient (Wildman–Crippen LogP) is 6.86. The van der Waals surface area contributed by atoms with E-state index >= 15 is 0 Å². The summed E-state index contributed by atoms with van der Waals surface area (Å²) in [4.78, 5) is 0. The van der Waals surface area contributed by atoms with Crippen molar-refractivity contribution in [2.75, 3.05) is 13.7 Å². The van der Waals surface area contributed by atoms with Crippen LogP contribution in [0, 0.1) is 0 Å². The van der Waals surface area contributed by atoms with E-state index in [1.165, 1.54) is 6.42 Å². The molecule has 0 saturated carbocycles. The van der Waals surface area contributed by atoms with Gasteiger partial charge in [0.15, 0.2) is 0 Å². The van der Waals surface area contributed by atoms with Crippen LogP contribution in [-0.4, -0.2) is 13.7 Å². The van der Waals surface area contributed by atoms with E-state index in [1.807, 2.05) is 86.6 Å². The summed E-state index contributed by atoms with van der Waals surface area (Å²) >= 11 is 0. The zero-order chi connectivity index (χ0) is 17.3. The van der Waals surface area contributed by atoms with Crippen molar-refractivity contribution in [3.05, 3.63) is 72.8 Å². The van der Waals surface area contributed by atoms with E-state index < -0.39 is 0 Å². The second-order valence-corrected chi connectivity index (χ2v) is 4.01. The maximum atomic E-state index is 4.69. The Morgan fingerprint density at radius 1 is 0.545 bits per heavy atom. The van der Waals surface area contributed by atoms with E-state index in [1.54, 1.807) is 7.11 Å². The van der Waals surface area contributed by atoms with Crippen molar-refractivity contribution < 1.29 is 4.74 Å². The van der Waals surface area contributed by atoms with Gasteiger partial charge in [-0.15, -0.1) is 0 Å². The van der Waals surface area contributed by atoms with Crippen LogP contribution in [0.2, 0.25) is 0 Å². The summed E-state index contributed by atoms with van der Waals surface area (Å²) in [6, 6.07) is 24.0. The lowest BCUT2D eigenvalue weighted by Crippen LogP contribution is -1.80. The SMILES string of the molecule is CC.CCC.CCCOC.c1ccccc1.c1ccccc1. The fourth-order valence-electron chi connectivity index (χ4n) is 0.974. The Kier molecular flexibility index (Phi) is 36.5. The van der Waals surface area contributed by atoms with Crippen LogP contribution in [0.15, 0.2) is 72.8 Å². The predicted molar refractivity (Wildman–Crippen MR) is 102 cm³/mol. The zero-order valence-corrected chi connectivity index (χ0v) is 15.5. The average molecular weight is 305 g/mol. The van der Waals surface area contributed by atoms with Gasteiger partial charge in [-0.05, 0) is 6.42 Å². The van der Waals surface area contributed by atoms with Crippen molar-refractivity contribution in [3.8, 4) is 0 Å². The molecular formula is C21H36O. The van der Waals surface area contributed by atoms with E-state index in [0.29, 0.717) is 0 Å². The van der Waals surface area contributed by atoms with Crippen molar-refractivity contribution in [1.82, 2.24) is 0 Å². The summed E-state index contributed by atoms with van der Waals surface area (Å²) in [6.45, 7) is 11.2. The smallest absolute Gasteiger partial charge is 0.0459 e. The molecule has 0 aliphatic carbocycles. The molecule has 2 aromatic rings. The fraction of sp³-hybridized carbons (Fsp3) is 0.429. The molecule has 0 unspecified atom stereocenters. The lowest BCUT2D eigenvalue weighted by molar-refractivity contribution is 0.199. The molecular weight excluding hydrogens is 268 g/mol. The first-order valence-corrected chi connectivity index (χ1v) is 8.32. The quantitative estimate of drug-likeness (QED) is 0.589. The molecule has 0 aliphatic rings. The minimum atomic E-state index is 0.889. The standard InChI is InChI=1S/2C6H6.C4H10O.C3H8.C2H6/c2*1-2-4-6-5-3-1;1-3-4-5-2;1-3-2;1-2/h2*1-6H;3-4H2,1-2H3;3H2,1-2H3;1-2H3. The third-order valence-electron chi connectivity index (χ3n) is 1.74. The Morgan fingerprint density at radius 2 is 0.727 bits per heavy atom. The summed E-state index contributed by atoms with van der Waals surface area (Å²) in [6.07, 6.45) is 2.37. The van der Waals surface area contributed by atoms with Crippen molar-refractivity contribution in [2.24, 2.45) is 0 Å². The lowest BCUT2D eigenvalue weighted by atomic mass is 10.4. The van der Waals surface area contributed by atoms with E-state index in [-0.39, 0.29) is 0 Å². The molecule has 0 heterocycles. The third-order valence-corrected chi connectivity index (χ3v) is 1.74. The van der Waals surface area contributed by atoms with Gasteiger partial charge in [0.05, 0.1) is 0 Å². The van der Waals surface area contributed by atoms with Gasteiger partial charge in [0.1, 0.15) is 0 Å². The van der Waals surface area contributed by atoms with Crippen LogP contribution in [0.5, 0.6) is 0 Å². The molecule has 126 valence electrons. The maximum absolute atomic E-state index is 4.69. The van der Waals surface area contributed by atoms with Gasteiger partial charge < -0.3 is 4.74 Å². The molecule has 0 radical (unpaired) electrons. The Bertz CT molecular complexity index is 231. The number of methoxy groups -OCH3 is 1. The van der Waals surface area contributed by atoms with Gasteiger partial charge in [-0.25, -0.2) is 0 Å². The molecule has 2 rings (SSSR count). The number of benzene rings is 2. The van der Waals surface area contributed by atoms with Gasteiger partial charge in [-0.3, -0.25) is 0 Å². The van der Waals surface area contributed by atoms with Crippen LogP contribution < -0.4 is 0 Å². The lowest BCUT2D eigenvalue weighted by Gasteiger charge is -1.84. The highest BCUT2D eigenvalue weighted by Crippen LogP contribution is 1.80. The summed E-state index contributed by atoms with van der Waals surface area (Å²) in [5, 5.41) is 0. The summed E-state index contributed by atoms with van der Waals surface area (Å²) < 4.78 is 4.69. The Labute approximate surface area is 139 Å². The molecule has 0 atom stereocenters. The van der Waals surface area contributed by atoms with Gasteiger partial charge in [0, 0.05) is 13.7 Å². The first-order chi connectivity index (χ1) is 10.8. The van der Waals surface area contributed by atoms with Crippen LogP contribution in [0.25, 0.3) is 0 Å². The molecule has 0 aliphatic heterocycles. The third kappa shape index (κ3) is 36.2. The monoisotopic (exact) mass is 304 g/mol. The Balaban J connectivity index is -0.000000217. The second-order valence-electron chi connectivity index (χ2n) is 4.01. The normalized spacial score (nSPS) is 7.36. The van der Waals surface area contributed by atoms with Crippen molar-refractivity contribution >= 4 is 0 Å². The number of ether oxygens (including phenoxy) is 1. The molecule has 0 N–H and O–H groups in total. The van der Waals surface area contributed by atoms with E-state index in [9.17, 15) is 0 Å². The number of hydrogen-bond donors (Lipinski definition) is 0. The van der Waals surface area contributed by atoms with Crippen molar-refractivity contribution in [3.63, 3.8) is 0 Å². The van der Waals surface area contributed by atoms with Crippen LogP contribution in [0.4, 0.5) is 0 Å².